The van der Waals surface area contributed by atoms with Crippen molar-refractivity contribution in [1.29, 1.82) is 0 Å². The fourth-order valence-corrected chi connectivity index (χ4v) is 3.83. The molecule has 2 aliphatic rings. The summed E-state index contributed by atoms with van der Waals surface area (Å²) >= 11 is 5.96. The second-order valence-electron chi connectivity index (χ2n) is 6.81. The predicted molar refractivity (Wildman–Crippen MR) is 96.0 cm³/mol. The molecule has 2 aliphatic heterocycles. The zero-order valence-electron chi connectivity index (χ0n) is 14.2. The molecule has 0 spiro atoms. The predicted octanol–water partition coefficient (Wildman–Crippen LogP) is 2.37. The largest absolute Gasteiger partial charge is 0.453 e. The zero-order valence-corrected chi connectivity index (χ0v) is 15.0. The van der Waals surface area contributed by atoms with Crippen LogP contribution in [-0.2, 0) is 11.3 Å². The molecular weight excluding hydrogens is 356 g/mol. The van der Waals surface area contributed by atoms with Crippen molar-refractivity contribution >= 4 is 17.5 Å². The third-order valence-corrected chi connectivity index (χ3v) is 5.29. The van der Waals surface area contributed by atoms with Crippen molar-refractivity contribution in [1.82, 2.24) is 10.2 Å². The Labute approximate surface area is 156 Å². The Bertz CT molecular complexity index is 776. The summed E-state index contributed by atoms with van der Waals surface area (Å²) < 4.78 is 11.3. The van der Waals surface area contributed by atoms with Gasteiger partial charge >= 0.3 is 0 Å². The van der Waals surface area contributed by atoms with E-state index in [0.29, 0.717) is 23.4 Å². The van der Waals surface area contributed by atoms with E-state index in [1.807, 2.05) is 24.3 Å². The van der Waals surface area contributed by atoms with Gasteiger partial charge in [0.15, 0.2) is 5.76 Å². The molecule has 7 heteroatoms. The number of aliphatic hydroxyl groups excluding tert-OH is 1. The first-order valence-corrected chi connectivity index (χ1v) is 9.11. The van der Waals surface area contributed by atoms with Crippen molar-refractivity contribution in [3.8, 4) is 0 Å². The maximum Gasteiger partial charge on any atom is 0.287 e. The number of nitrogens with one attached hydrogen (secondary N) is 1. The molecule has 138 valence electrons. The highest BCUT2D eigenvalue weighted by Crippen LogP contribution is 2.31. The van der Waals surface area contributed by atoms with Crippen LogP contribution < -0.4 is 5.32 Å². The number of aliphatic hydroxyl groups is 1. The molecule has 1 aromatic heterocycles. The first kappa shape index (κ1) is 17.5. The number of nitrogens with zero attached hydrogens (tertiary/aromatic N) is 1. The third-order valence-electron chi connectivity index (χ3n) is 5.04. The maximum absolute atomic E-state index is 12.3. The van der Waals surface area contributed by atoms with Crippen LogP contribution in [0.15, 0.2) is 40.8 Å². The number of hydrogen-bond donors (Lipinski definition) is 2. The fourth-order valence-electron chi connectivity index (χ4n) is 3.70. The molecule has 0 radical (unpaired) electrons. The van der Waals surface area contributed by atoms with Crippen LogP contribution >= 0.6 is 11.6 Å². The van der Waals surface area contributed by atoms with E-state index in [4.69, 9.17) is 25.9 Å². The Balaban J connectivity index is 1.35. The molecule has 2 saturated heterocycles. The van der Waals surface area contributed by atoms with Gasteiger partial charge in [-0.25, -0.2) is 0 Å². The molecule has 4 rings (SSSR count). The average Bonchev–Trinajstić information content (AvgIpc) is 3.28. The van der Waals surface area contributed by atoms with Gasteiger partial charge in [0.25, 0.3) is 5.91 Å². The first-order chi connectivity index (χ1) is 12.6. The first-order valence-electron chi connectivity index (χ1n) is 8.74. The van der Waals surface area contributed by atoms with Gasteiger partial charge in [-0.2, -0.15) is 0 Å². The molecule has 0 unspecified atom stereocenters. The molecule has 6 nitrogen and oxygen atoms in total. The van der Waals surface area contributed by atoms with Crippen molar-refractivity contribution in [3.05, 3.63) is 58.5 Å². The zero-order chi connectivity index (χ0) is 18.1. The van der Waals surface area contributed by atoms with Gasteiger partial charge in [-0.15, -0.1) is 0 Å². The molecule has 0 saturated carbocycles. The highest BCUT2D eigenvalue weighted by molar-refractivity contribution is 6.30. The molecule has 3 atom stereocenters. The van der Waals surface area contributed by atoms with Gasteiger partial charge in [0.2, 0.25) is 0 Å². The van der Waals surface area contributed by atoms with Crippen LogP contribution in [0.4, 0.5) is 0 Å². The number of carbonyl (C=O) groups excluding carboxylic acids is 1. The normalized spacial score (nSPS) is 25.8. The Morgan fingerprint density at radius 2 is 2.04 bits per heavy atom. The average molecular weight is 377 g/mol. The summed E-state index contributed by atoms with van der Waals surface area (Å²) in [4.78, 5) is 14.7. The van der Waals surface area contributed by atoms with Gasteiger partial charge in [0, 0.05) is 30.2 Å². The van der Waals surface area contributed by atoms with E-state index in [-0.39, 0.29) is 30.4 Å². The monoisotopic (exact) mass is 376 g/mol. The minimum Gasteiger partial charge on any atom is -0.453 e. The van der Waals surface area contributed by atoms with Crippen LogP contribution in [0.1, 0.15) is 34.4 Å². The minimum atomic E-state index is -0.246. The molecule has 0 aliphatic carbocycles. The number of amides is 1. The van der Waals surface area contributed by atoms with E-state index >= 15 is 0 Å². The van der Waals surface area contributed by atoms with E-state index in [0.717, 1.165) is 25.1 Å². The molecule has 1 aromatic carbocycles. The van der Waals surface area contributed by atoms with Gasteiger partial charge in [0.05, 0.1) is 12.7 Å². The lowest BCUT2D eigenvalue weighted by molar-refractivity contribution is -0.0502. The summed E-state index contributed by atoms with van der Waals surface area (Å²) in [6, 6.07) is 11.3. The molecule has 1 amide bonds. The SMILES string of the molecule is O=C(N[C@@H]1C[C@H]2CO[C@@H](c3ccc(Cl)cc3)CN2C1)c1ccc(CO)o1. The van der Waals surface area contributed by atoms with Crippen LogP contribution in [0.3, 0.4) is 0 Å². The Morgan fingerprint density at radius 3 is 2.77 bits per heavy atom. The molecule has 2 fully saturated rings. The Hall–Kier alpha value is -1.86. The number of halogens is 1. The lowest BCUT2D eigenvalue weighted by Gasteiger charge is -2.35. The second-order valence-corrected chi connectivity index (χ2v) is 7.25. The molecule has 26 heavy (non-hydrogen) atoms. The second kappa shape index (κ2) is 7.40. The van der Waals surface area contributed by atoms with Gasteiger partial charge < -0.3 is 19.6 Å². The number of ether oxygens (including phenoxy) is 1. The summed E-state index contributed by atoms with van der Waals surface area (Å²) in [5, 5.41) is 12.8. The molecule has 2 N–H and O–H groups in total. The topological polar surface area (TPSA) is 74.9 Å². The van der Waals surface area contributed by atoms with Crippen molar-refractivity contribution in [2.75, 3.05) is 19.7 Å². The van der Waals surface area contributed by atoms with E-state index in [1.54, 1.807) is 12.1 Å². The van der Waals surface area contributed by atoms with Crippen molar-refractivity contribution in [2.45, 2.75) is 31.2 Å². The maximum atomic E-state index is 12.3. The standard InChI is InChI=1S/C19H21ClN2O4/c20-13-3-1-12(2-4-13)18-9-22-8-14(7-15(22)11-25-18)21-19(24)17-6-5-16(10-23)26-17/h1-6,14-15,18,23H,7-11H2,(H,21,24)/t14-,15+,18-/m1/s1. The summed E-state index contributed by atoms with van der Waals surface area (Å²) in [5.41, 5.74) is 1.12. The molecule has 0 bridgehead atoms. The van der Waals surface area contributed by atoms with Crippen LogP contribution in [0.2, 0.25) is 5.02 Å². The van der Waals surface area contributed by atoms with E-state index < -0.39 is 0 Å². The molecule has 2 aromatic rings. The quantitative estimate of drug-likeness (QED) is 0.856. The van der Waals surface area contributed by atoms with E-state index in [9.17, 15) is 4.79 Å². The summed E-state index contributed by atoms with van der Waals surface area (Å²) in [5.74, 6) is 0.372. The lowest BCUT2D eigenvalue weighted by Crippen LogP contribution is -2.43. The van der Waals surface area contributed by atoms with Crippen LogP contribution in [0.5, 0.6) is 0 Å². The van der Waals surface area contributed by atoms with Gasteiger partial charge in [-0.1, -0.05) is 23.7 Å². The molecule has 3 heterocycles. The molecular formula is C19H21ClN2O4. The number of hydrogen-bond acceptors (Lipinski definition) is 5. The van der Waals surface area contributed by atoms with Gasteiger partial charge in [0.1, 0.15) is 12.4 Å². The smallest absolute Gasteiger partial charge is 0.287 e. The van der Waals surface area contributed by atoms with E-state index in [1.165, 1.54) is 0 Å². The van der Waals surface area contributed by atoms with Crippen LogP contribution in [-0.4, -0.2) is 47.7 Å². The summed E-state index contributed by atoms with van der Waals surface area (Å²) in [6.07, 6.45) is 0.877. The number of carbonyl (C=O) groups is 1. The van der Waals surface area contributed by atoms with Crippen molar-refractivity contribution in [3.63, 3.8) is 0 Å². The highest BCUT2D eigenvalue weighted by Gasteiger charge is 2.38. The number of benzene rings is 1. The van der Waals surface area contributed by atoms with Gasteiger partial charge in [-0.3, -0.25) is 9.69 Å². The van der Waals surface area contributed by atoms with Gasteiger partial charge in [-0.05, 0) is 36.2 Å². The number of furan rings is 1. The Morgan fingerprint density at radius 1 is 1.23 bits per heavy atom. The van der Waals surface area contributed by atoms with Crippen molar-refractivity contribution in [2.24, 2.45) is 0 Å². The summed E-state index contributed by atoms with van der Waals surface area (Å²) in [7, 11) is 0. The number of rotatable bonds is 4. The minimum absolute atomic E-state index is 0.0233. The Kier molecular flexibility index (Phi) is 5.00. The van der Waals surface area contributed by atoms with Crippen molar-refractivity contribution < 1.29 is 19.1 Å². The third kappa shape index (κ3) is 3.64. The highest BCUT2D eigenvalue weighted by atomic mass is 35.5. The van der Waals surface area contributed by atoms with E-state index in [2.05, 4.69) is 10.2 Å². The number of fused-ring (bicyclic) bond motifs is 1. The summed E-state index contributed by atoms with van der Waals surface area (Å²) in [6.45, 7) is 2.02. The fraction of sp³-hybridized carbons (Fsp3) is 0.421. The van der Waals surface area contributed by atoms with Crippen LogP contribution in [0.25, 0.3) is 0 Å². The lowest BCUT2D eigenvalue weighted by atomic mass is 10.1. The number of morpholine rings is 1. The van der Waals surface area contributed by atoms with Crippen LogP contribution in [0, 0.1) is 0 Å².